The summed E-state index contributed by atoms with van der Waals surface area (Å²) >= 11 is 0. The van der Waals surface area contributed by atoms with Crippen LogP contribution in [0, 0.1) is 11.3 Å². The highest BCUT2D eigenvalue weighted by molar-refractivity contribution is 6.02. The first kappa shape index (κ1) is 19.9. The highest BCUT2D eigenvalue weighted by Crippen LogP contribution is 2.22. The van der Waals surface area contributed by atoms with E-state index in [1.54, 1.807) is 6.08 Å². The van der Waals surface area contributed by atoms with Crippen LogP contribution in [-0.2, 0) is 11.4 Å². The van der Waals surface area contributed by atoms with Crippen molar-refractivity contribution in [2.75, 3.05) is 0 Å². The van der Waals surface area contributed by atoms with E-state index in [2.05, 4.69) is 5.32 Å². The fraction of sp³-hybridized carbons (Fsp3) is 0.120. The predicted octanol–water partition coefficient (Wildman–Crippen LogP) is 5.05. The Bertz CT molecular complexity index is 1020. The van der Waals surface area contributed by atoms with E-state index in [-0.39, 0.29) is 11.6 Å². The van der Waals surface area contributed by atoms with Crippen molar-refractivity contribution in [2.24, 2.45) is 0 Å². The second-order valence-electron chi connectivity index (χ2n) is 6.59. The molecule has 144 valence electrons. The summed E-state index contributed by atoms with van der Waals surface area (Å²) in [7, 11) is 0. The molecule has 3 rings (SSSR count). The van der Waals surface area contributed by atoms with E-state index < -0.39 is 5.91 Å². The number of hydrogen-bond donors (Lipinski definition) is 1. The smallest absolute Gasteiger partial charge is 0.262 e. The molecule has 0 saturated carbocycles. The summed E-state index contributed by atoms with van der Waals surface area (Å²) in [4.78, 5) is 12.6. The lowest BCUT2D eigenvalue weighted by atomic mass is 10.1. The quantitative estimate of drug-likeness (QED) is 0.459. The van der Waals surface area contributed by atoms with E-state index in [9.17, 15) is 10.1 Å². The Labute approximate surface area is 171 Å². The minimum Gasteiger partial charge on any atom is -0.488 e. The van der Waals surface area contributed by atoms with Crippen molar-refractivity contribution in [3.8, 4) is 11.8 Å². The maximum atomic E-state index is 12.6. The first-order valence-corrected chi connectivity index (χ1v) is 9.40. The lowest BCUT2D eigenvalue weighted by Gasteiger charge is -2.14. The second-order valence-corrected chi connectivity index (χ2v) is 6.59. The summed E-state index contributed by atoms with van der Waals surface area (Å²) in [6, 6.07) is 28.6. The summed E-state index contributed by atoms with van der Waals surface area (Å²) in [5.74, 6) is 0.203. The minimum absolute atomic E-state index is 0.0311. The first-order chi connectivity index (χ1) is 14.2. The van der Waals surface area contributed by atoms with Gasteiger partial charge < -0.3 is 10.1 Å². The number of nitrogens with zero attached hydrogens (tertiary/aromatic N) is 1. The van der Waals surface area contributed by atoms with Gasteiger partial charge in [-0.25, -0.2) is 0 Å². The number of amides is 1. The molecule has 1 atom stereocenters. The largest absolute Gasteiger partial charge is 0.488 e. The van der Waals surface area contributed by atoms with Gasteiger partial charge in [0, 0.05) is 5.56 Å². The minimum atomic E-state index is -0.415. The van der Waals surface area contributed by atoms with Crippen LogP contribution in [0.25, 0.3) is 6.08 Å². The topological polar surface area (TPSA) is 62.1 Å². The van der Waals surface area contributed by atoms with E-state index in [1.165, 1.54) is 0 Å². The summed E-state index contributed by atoms with van der Waals surface area (Å²) < 4.78 is 5.91. The molecule has 0 aromatic heterocycles. The molecule has 0 heterocycles. The molecule has 0 aliphatic rings. The molecule has 3 aromatic carbocycles. The molecular formula is C25H22N2O2. The van der Waals surface area contributed by atoms with Gasteiger partial charge in [-0.15, -0.1) is 0 Å². The molecule has 4 heteroatoms. The van der Waals surface area contributed by atoms with Crippen molar-refractivity contribution in [3.63, 3.8) is 0 Å². The highest BCUT2D eigenvalue weighted by Gasteiger charge is 2.14. The molecule has 1 N–H and O–H groups in total. The Balaban J connectivity index is 1.75. The number of rotatable bonds is 7. The molecule has 1 unspecified atom stereocenters. The van der Waals surface area contributed by atoms with Crippen LogP contribution in [0.3, 0.4) is 0 Å². The lowest BCUT2D eigenvalue weighted by Crippen LogP contribution is -2.27. The van der Waals surface area contributed by atoms with Crippen LogP contribution >= 0.6 is 0 Å². The van der Waals surface area contributed by atoms with Crippen LogP contribution in [0.1, 0.15) is 29.7 Å². The average Bonchev–Trinajstić information content (AvgIpc) is 2.77. The molecule has 0 spiro atoms. The molecule has 1 amide bonds. The molecule has 29 heavy (non-hydrogen) atoms. The number of para-hydroxylation sites is 1. The van der Waals surface area contributed by atoms with Gasteiger partial charge in [-0.1, -0.05) is 78.9 Å². The van der Waals surface area contributed by atoms with Crippen molar-refractivity contribution in [1.29, 1.82) is 5.26 Å². The van der Waals surface area contributed by atoms with Crippen molar-refractivity contribution < 1.29 is 9.53 Å². The number of nitrogens with one attached hydrogen (secondary N) is 1. The number of ether oxygens (including phenoxy) is 1. The Morgan fingerprint density at radius 2 is 1.62 bits per heavy atom. The predicted molar refractivity (Wildman–Crippen MR) is 114 cm³/mol. The monoisotopic (exact) mass is 382 g/mol. The molecular weight excluding hydrogens is 360 g/mol. The average molecular weight is 382 g/mol. The third-order valence-corrected chi connectivity index (χ3v) is 4.47. The molecule has 0 fully saturated rings. The number of benzene rings is 3. The maximum Gasteiger partial charge on any atom is 0.262 e. The molecule has 0 aliphatic carbocycles. The van der Waals surface area contributed by atoms with E-state index in [0.29, 0.717) is 17.9 Å². The molecule has 0 radical (unpaired) electrons. The van der Waals surface area contributed by atoms with Crippen LogP contribution in [0.15, 0.2) is 90.5 Å². The Hall–Kier alpha value is -3.84. The van der Waals surface area contributed by atoms with E-state index in [4.69, 9.17) is 4.74 Å². The highest BCUT2D eigenvalue weighted by atomic mass is 16.5. The number of carbonyl (C=O) groups excluding carboxylic acids is 1. The van der Waals surface area contributed by atoms with Crippen molar-refractivity contribution in [3.05, 3.63) is 107 Å². The van der Waals surface area contributed by atoms with Gasteiger partial charge in [0.05, 0.1) is 6.04 Å². The van der Waals surface area contributed by atoms with E-state index in [1.807, 2.05) is 97.9 Å². The third-order valence-electron chi connectivity index (χ3n) is 4.47. The van der Waals surface area contributed by atoms with Crippen molar-refractivity contribution in [1.82, 2.24) is 5.32 Å². The lowest BCUT2D eigenvalue weighted by molar-refractivity contribution is -0.117. The molecule has 4 nitrogen and oxygen atoms in total. The van der Waals surface area contributed by atoms with Gasteiger partial charge in [0.2, 0.25) is 0 Å². The van der Waals surface area contributed by atoms with Crippen LogP contribution in [0.2, 0.25) is 0 Å². The van der Waals surface area contributed by atoms with Gasteiger partial charge >= 0.3 is 0 Å². The summed E-state index contributed by atoms with van der Waals surface area (Å²) in [5.41, 5.74) is 2.73. The fourth-order valence-corrected chi connectivity index (χ4v) is 2.87. The Morgan fingerprint density at radius 1 is 1.00 bits per heavy atom. The molecule has 0 bridgehead atoms. The standard InChI is InChI=1S/C25H22N2O2/c1-19(21-12-6-3-7-13-21)27-25(28)23(17-26)16-22-14-8-9-15-24(22)29-18-20-10-4-2-5-11-20/h2-16,19H,18H2,1H3,(H,27,28)/b23-16+. The van der Waals surface area contributed by atoms with Gasteiger partial charge in [0.15, 0.2) is 0 Å². The molecule has 3 aromatic rings. The SMILES string of the molecule is CC(NC(=O)/C(C#N)=C/c1ccccc1OCc1ccccc1)c1ccccc1. The van der Waals surface area contributed by atoms with Gasteiger partial charge in [-0.3, -0.25) is 4.79 Å². The van der Waals surface area contributed by atoms with Gasteiger partial charge in [0.1, 0.15) is 24.0 Å². The van der Waals surface area contributed by atoms with Gasteiger partial charge in [-0.05, 0) is 30.2 Å². The maximum absolute atomic E-state index is 12.6. The Kier molecular flexibility index (Phi) is 6.80. The van der Waals surface area contributed by atoms with E-state index in [0.717, 1.165) is 11.1 Å². The van der Waals surface area contributed by atoms with Crippen molar-refractivity contribution in [2.45, 2.75) is 19.6 Å². The van der Waals surface area contributed by atoms with Crippen LogP contribution in [0.4, 0.5) is 0 Å². The zero-order valence-corrected chi connectivity index (χ0v) is 16.2. The van der Waals surface area contributed by atoms with E-state index >= 15 is 0 Å². The second kappa shape index (κ2) is 9.91. The Morgan fingerprint density at radius 3 is 2.31 bits per heavy atom. The molecule has 0 aliphatic heterocycles. The normalized spacial score (nSPS) is 11.9. The van der Waals surface area contributed by atoms with Gasteiger partial charge in [0.25, 0.3) is 5.91 Å². The third kappa shape index (κ3) is 5.57. The number of nitriles is 1. The first-order valence-electron chi connectivity index (χ1n) is 9.40. The number of hydrogen-bond acceptors (Lipinski definition) is 3. The summed E-state index contributed by atoms with van der Waals surface area (Å²) in [6.07, 6.45) is 1.56. The summed E-state index contributed by atoms with van der Waals surface area (Å²) in [6.45, 7) is 2.30. The van der Waals surface area contributed by atoms with Crippen molar-refractivity contribution >= 4 is 12.0 Å². The van der Waals surface area contributed by atoms with Crippen LogP contribution < -0.4 is 10.1 Å². The van der Waals surface area contributed by atoms with Crippen LogP contribution in [0.5, 0.6) is 5.75 Å². The number of carbonyl (C=O) groups is 1. The van der Waals surface area contributed by atoms with Gasteiger partial charge in [-0.2, -0.15) is 5.26 Å². The zero-order valence-electron chi connectivity index (χ0n) is 16.2. The molecule has 0 saturated heterocycles. The summed E-state index contributed by atoms with van der Waals surface area (Å²) in [5, 5.41) is 12.4. The zero-order chi connectivity index (χ0) is 20.5. The van der Waals surface area contributed by atoms with Crippen LogP contribution in [-0.4, -0.2) is 5.91 Å². The fourth-order valence-electron chi connectivity index (χ4n) is 2.87.